The van der Waals surface area contributed by atoms with Gasteiger partial charge in [-0.25, -0.2) is 4.98 Å². The summed E-state index contributed by atoms with van der Waals surface area (Å²) in [5, 5.41) is 4.63. The fourth-order valence-electron chi connectivity index (χ4n) is 1.42. The molecule has 1 N–H and O–H groups in total. The van der Waals surface area contributed by atoms with E-state index in [1.54, 1.807) is 12.3 Å². The van der Waals surface area contributed by atoms with Crippen molar-refractivity contribution in [1.29, 1.82) is 0 Å². The first-order valence-corrected chi connectivity index (χ1v) is 6.31. The lowest BCUT2D eigenvalue weighted by atomic mass is 10.2. The van der Waals surface area contributed by atoms with Crippen LogP contribution in [0.3, 0.4) is 0 Å². The quantitative estimate of drug-likeness (QED) is 0.942. The number of amides is 1. The number of alkyl halides is 3. The molecule has 0 radical (unpaired) electrons. The van der Waals surface area contributed by atoms with Crippen LogP contribution in [0.15, 0.2) is 29.6 Å². The third-order valence-corrected chi connectivity index (χ3v) is 3.04. The SMILES string of the molecule is Cc1csc(NC(=O)c2cccc(OC(F)(F)F)c2)n1. The lowest BCUT2D eigenvalue weighted by Gasteiger charge is -2.09. The highest BCUT2D eigenvalue weighted by Crippen LogP contribution is 2.24. The summed E-state index contributed by atoms with van der Waals surface area (Å²) >= 11 is 1.23. The third kappa shape index (κ3) is 3.95. The van der Waals surface area contributed by atoms with E-state index in [1.165, 1.54) is 23.5 Å². The molecule has 0 unspecified atom stereocenters. The van der Waals surface area contributed by atoms with Crippen LogP contribution < -0.4 is 10.1 Å². The largest absolute Gasteiger partial charge is 0.573 e. The summed E-state index contributed by atoms with van der Waals surface area (Å²) in [4.78, 5) is 15.9. The number of rotatable bonds is 3. The molecule has 2 aromatic rings. The molecule has 1 amide bonds. The average molecular weight is 302 g/mol. The van der Waals surface area contributed by atoms with Gasteiger partial charge in [0.15, 0.2) is 5.13 Å². The van der Waals surface area contributed by atoms with Gasteiger partial charge in [0.05, 0.1) is 5.69 Å². The number of benzene rings is 1. The molecule has 1 aromatic heterocycles. The predicted octanol–water partition coefficient (Wildman–Crippen LogP) is 3.60. The number of aromatic nitrogens is 1. The van der Waals surface area contributed by atoms with Gasteiger partial charge in [-0.05, 0) is 25.1 Å². The minimum atomic E-state index is -4.79. The number of anilines is 1. The Morgan fingerprint density at radius 3 is 2.75 bits per heavy atom. The molecule has 106 valence electrons. The minimum absolute atomic E-state index is 0.0552. The van der Waals surface area contributed by atoms with Crippen molar-refractivity contribution in [2.45, 2.75) is 13.3 Å². The maximum Gasteiger partial charge on any atom is 0.573 e. The third-order valence-electron chi connectivity index (χ3n) is 2.17. The smallest absolute Gasteiger partial charge is 0.406 e. The van der Waals surface area contributed by atoms with Crippen molar-refractivity contribution in [3.8, 4) is 5.75 Å². The van der Waals surface area contributed by atoms with Gasteiger partial charge in [0.25, 0.3) is 5.91 Å². The van der Waals surface area contributed by atoms with E-state index < -0.39 is 18.0 Å². The van der Waals surface area contributed by atoms with E-state index in [0.717, 1.165) is 17.8 Å². The number of halogens is 3. The van der Waals surface area contributed by atoms with Gasteiger partial charge in [0.2, 0.25) is 0 Å². The van der Waals surface area contributed by atoms with Crippen molar-refractivity contribution in [1.82, 2.24) is 4.98 Å². The summed E-state index contributed by atoms with van der Waals surface area (Å²) in [5.74, 6) is -0.993. The summed E-state index contributed by atoms with van der Waals surface area (Å²) in [6, 6.07) is 4.84. The van der Waals surface area contributed by atoms with Gasteiger partial charge in [0.1, 0.15) is 5.75 Å². The maximum absolute atomic E-state index is 12.1. The highest BCUT2D eigenvalue weighted by atomic mass is 32.1. The monoisotopic (exact) mass is 302 g/mol. The maximum atomic E-state index is 12.1. The molecule has 8 heteroatoms. The molecular formula is C12H9F3N2O2S. The normalized spacial score (nSPS) is 11.2. The van der Waals surface area contributed by atoms with E-state index in [1.807, 2.05) is 0 Å². The summed E-state index contributed by atoms with van der Waals surface area (Å²) in [6.07, 6.45) is -4.79. The molecule has 0 bridgehead atoms. The van der Waals surface area contributed by atoms with Gasteiger partial charge in [-0.1, -0.05) is 6.07 Å². The Balaban J connectivity index is 2.12. The molecule has 20 heavy (non-hydrogen) atoms. The summed E-state index contributed by atoms with van der Waals surface area (Å²) in [5.41, 5.74) is 0.805. The molecule has 1 aromatic carbocycles. The van der Waals surface area contributed by atoms with Crippen LogP contribution >= 0.6 is 11.3 Å². The van der Waals surface area contributed by atoms with Gasteiger partial charge < -0.3 is 4.74 Å². The molecule has 0 atom stereocenters. The number of nitrogens with zero attached hydrogens (tertiary/aromatic N) is 1. The average Bonchev–Trinajstić information content (AvgIpc) is 2.73. The fourth-order valence-corrected chi connectivity index (χ4v) is 2.10. The second-order valence-corrected chi connectivity index (χ2v) is 4.68. The summed E-state index contributed by atoms with van der Waals surface area (Å²) in [6.45, 7) is 1.77. The highest BCUT2D eigenvalue weighted by Gasteiger charge is 2.31. The Bertz CT molecular complexity index is 625. The zero-order chi connectivity index (χ0) is 14.8. The van der Waals surface area contributed by atoms with Crippen LogP contribution in [0.4, 0.5) is 18.3 Å². The molecule has 4 nitrogen and oxygen atoms in total. The predicted molar refractivity (Wildman–Crippen MR) is 67.9 cm³/mol. The molecule has 0 fully saturated rings. The Kier molecular flexibility index (Phi) is 3.93. The topological polar surface area (TPSA) is 51.2 Å². The molecule has 0 aliphatic carbocycles. The Morgan fingerprint density at radius 1 is 1.40 bits per heavy atom. The summed E-state index contributed by atoms with van der Waals surface area (Å²) < 4.78 is 40.0. The first kappa shape index (κ1) is 14.3. The van der Waals surface area contributed by atoms with Gasteiger partial charge in [-0.3, -0.25) is 10.1 Å². The Labute approximate surface area is 116 Å². The number of thiazole rings is 1. The van der Waals surface area contributed by atoms with Gasteiger partial charge in [0, 0.05) is 10.9 Å². The zero-order valence-electron chi connectivity index (χ0n) is 10.2. The van der Waals surface area contributed by atoms with Crippen LogP contribution in [0.1, 0.15) is 16.1 Å². The summed E-state index contributed by atoms with van der Waals surface area (Å²) in [7, 11) is 0. The number of hydrogen-bond acceptors (Lipinski definition) is 4. The highest BCUT2D eigenvalue weighted by molar-refractivity contribution is 7.13. The van der Waals surface area contributed by atoms with Crippen LogP contribution in [-0.2, 0) is 0 Å². The first-order chi connectivity index (χ1) is 9.33. The van der Waals surface area contributed by atoms with Crippen molar-refractivity contribution in [2.75, 3.05) is 5.32 Å². The lowest BCUT2D eigenvalue weighted by molar-refractivity contribution is -0.274. The van der Waals surface area contributed by atoms with Crippen LogP contribution in [0.25, 0.3) is 0 Å². The second-order valence-electron chi connectivity index (χ2n) is 3.82. The van der Waals surface area contributed by atoms with Gasteiger partial charge in [-0.15, -0.1) is 24.5 Å². The van der Waals surface area contributed by atoms with Crippen LogP contribution in [0.5, 0.6) is 5.75 Å². The van der Waals surface area contributed by atoms with Crippen LogP contribution in [-0.4, -0.2) is 17.3 Å². The Hall–Kier alpha value is -2.09. The first-order valence-electron chi connectivity index (χ1n) is 5.43. The number of aryl methyl sites for hydroxylation is 1. The number of carbonyl (C=O) groups is 1. The van der Waals surface area contributed by atoms with E-state index in [9.17, 15) is 18.0 Å². The number of carbonyl (C=O) groups excluding carboxylic acids is 1. The van der Waals surface area contributed by atoms with Crippen LogP contribution in [0, 0.1) is 6.92 Å². The van der Waals surface area contributed by atoms with Crippen molar-refractivity contribution >= 4 is 22.4 Å². The van der Waals surface area contributed by atoms with Crippen molar-refractivity contribution in [2.24, 2.45) is 0 Å². The van der Waals surface area contributed by atoms with E-state index in [4.69, 9.17) is 0 Å². The van der Waals surface area contributed by atoms with Gasteiger partial charge >= 0.3 is 6.36 Å². The fraction of sp³-hybridized carbons (Fsp3) is 0.167. The second kappa shape index (κ2) is 5.49. The Morgan fingerprint density at radius 2 is 2.15 bits per heavy atom. The number of ether oxygens (including phenoxy) is 1. The molecule has 0 spiro atoms. The van der Waals surface area contributed by atoms with Crippen LogP contribution in [0.2, 0.25) is 0 Å². The number of nitrogens with one attached hydrogen (secondary N) is 1. The van der Waals surface area contributed by atoms with E-state index in [-0.39, 0.29) is 5.56 Å². The van der Waals surface area contributed by atoms with Gasteiger partial charge in [-0.2, -0.15) is 0 Å². The number of hydrogen-bond donors (Lipinski definition) is 1. The lowest BCUT2D eigenvalue weighted by Crippen LogP contribution is -2.18. The molecule has 0 aliphatic heterocycles. The van der Waals surface area contributed by atoms with E-state index >= 15 is 0 Å². The molecule has 0 aliphatic rings. The molecule has 0 saturated heterocycles. The van der Waals surface area contributed by atoms with Crippen molar-refractivity contribution in [3.63, 3.8) is 0 Å². The van der Waals surface area contributed by atoms with E-state index in [0.29, 0.717) is 5.13 Å². The molecular weight excluding hydrogens is 293 g/mol. The minimum Gasteiger partial charge on any atom is -0.406 e. The standard InChI is InChI=1S/C12H9F3N2O2S/c1-7-6-20-11(16-7)17-10(18)8-3-2-4-9(5-8)19-12(13,14)15/h2-6H,1H3,(H,16,17,18). The van der Waals surface area contributed by atoms with Crippen molar-refractivity contribution in [3.05, 3.63) is 40.9 Å². The van der Waals surface area contributed by atoms with Crippen molar-refractivity contribution < 1.29 is 22.7 Å². The molecule has 0 saturated carbocycles. The molecule has 2 rings (SSSR count). The molecule has 1 heterocycles. The van der Waals surface area contributed by atoms with E-state index in [2.05, 4.69) is 15.0 Å². The zero-order valence-corrected chi connectivity index (χ0v) is 11.0.